The van der Waals surface area contributed by atoms with Crippen LogP contribution in [0, 0.1) is 11.7 Å². The molecule has 2 atom stereocenters. The van der Waals surface area contributed by atoms with Crippen LogP contribution in [-0.2, 0) is 6.54 Å². The normalized spacial score (nSPS) is 22.8. The molecule has 1 aliphatic heterocycles. The third-order valence-corrected chi connectivity index (χ3v) is 4.17. The number of hydrogen-bond donors (Lipinski definition) is 1. The van der Waals surface area contributed by atoms with E-state index >= 15 is 0 Å². The average Bonchev–Trinajstić information content (AvgIpc) is 2.78. The predicted octanol–water partition coefficient (Wildman–Crippen LogP) is 2.32. The molecule has 0 spiro atoms. The summed E-state index contributed by atoms with van der Waals surface area (Å²) in [5.74, 6) is 0.456. The predicted molar refractivity (Wildman–Crippen MR) is 82.6 cm³/mol. The van der Waals surface area contributed by atoms with E-state index in [9.17, 15) is 4.39 Å². The van der Waals surface area contributed by atoms with E-state index in [-0.39, 0.29) is 5.82 Å². The number of rotatable bonds is 5. The van der Waals surface area contributed by atoms with Crippen LogP contribution in [0.4, 0.5) is 10.1 Å². The highest BCUT2D eigenvalue weighted by Gasteiger charge is 2.32. The molecular weight excluding hydrogens is 253 g/mol. The lowest BCUT2D eigenvalue weighted by Gasteiger charge is -2.23. The fourth-order valence-corrected chi connectivity index (χ4v) is 3.00. The van der Waals surface area contributed by atoms with E-state index in [1.807, 2.05) is 12.1 Å². The SMILES string of the molecule is CCNCc1ccc(N2CC(C)C(N(C)C)C2)c(F)c1. The summed E-state index contributed by atoms with van der Waals surface area (Å²) in [7, 11) is 4.20. The second kappa shape index (κ2) is 6.55. The maximum Gasteiger partial charge on any atom is 0.146 e. The molecule has 3 nitrogen and oxygen atoms in total. The molecule has 0 saturated carbocycles. The molecule has 1 saturated heterocycles. The summed E-state index contributed by atoms with van der Waals surface area (Å²) in [6, 6.07) is 6.10. The minimum absolute atomic E-state index is 0.105. The molecule has 0 amide bonds. The van der Waals surface area contributed by atoms with Crippen LogP contribution in [0.3, 0.4) is 0 Å². The van der Waals surface area contributed by atoms with Crippen LogP contribution in [0.15, 0.2) is 18.2 Å². The van der Waals surface area contributed by atoms with Gasteiger partial charge in [-0.05, 0) is 44.3 Å². The number of nitrogens with one attached hydrogen (secondary N) is 1. The van der Waals surface area contributed by atoms with Gasteiger partial charge in [0.1, 0.15) is 5.82 Å². The zero-order valence-electron chi connectivity index (χ0n) is 13.0. The highest BCUT2D eigenvalue weighted by Crippen LogP contribution is 2.28. The highest BCUT2D eigenvalue weighted by molar-refractivity contribution is 5.50. The Kier molecular flexibility index (Phi) is 5.00. The molecule has 112 valence electrons. The molecule has 0 aliphatic carbocycles. The zero-order valence-corrected chi connectivity index (χ0v) is 13.0. The fraction of sp³-hybridized carbons (Fsp3) is 0.625. The van der Waals surface area contributed by atoms with Crippen molar-refractivity contribution in [1.82, 2.24) is 10.2 Å². The maximum absolute atomic E-state index is 14.3. The van der Waals surface area contributed by atoms with Crippen molar-refractivity contribution in [2.24, 2.45) is 5.92 Å². The lowest BCUT2D eigenvalue weighted by molar-refractivity contribution is 0.266. The Balaban J connectivity index is 2.10. The Morgan fingerprint density at radius 1 is 1.35 bits per heavy atom. The minimum Gasteiger partial charge on any atom is -0.367 e. The van der Waals surface area contributed by atoms with Crippen LogP contribution in [-0.4, -0.2) is 44.7 Å². The van der Waals surface area contributed by atoms with E-state index < -0.39 is 0 Å². The first-order chi connectivity index (χ1) is 9.52. The molecule has 0 bridgehead atoms. The van der Waals surface area contributed by atoms with E-state index in [1.54, 1.807) is 6.07 Å². The topological polar surface area (TPSA) is 18.5 Å². The molecule has 1 aromatic rings. The van der Waals surface area contributed by atoms with E-state index in [2.05, 4.69) is 43.1 Å². The van der Waals surface area contributed by atoms with E-state index in [0.717, 1.165) is 37.4 Å². The van der Waals surface area contributed by atoms with Crippen molar-refractivity contribution in [2.75, 3.05) is 38.6 Å². The average molecular weight is 279 g/mol. The van der Waals surface area contributed by atoms with Gasteiger partial charge >= 0.3 is 0 Å². The van der Waals surface area contributed by atoms with E-state index in [0.29, 0.717) is 12.0 Å². The number of likely N-dealkylation sites (N-methyl/N-ethyl adjacent to an activating group) is 1. The number of hydrogen-bond acceptors (Lipinski definition) is 3. The standard InChI is InChI=1S/C16H26FN3/c1-5-18-9-13-6-7-15(14(17)8-13)20-10-12(2)16(11-20)19(3)4/h6-8,12,16,18H,5,9-11H2,1-4H3. The molecule has 2 unspecified atom stereocenters. The number of halogens is 1. The van der Waals surface area contributed by atoms with Gasteiger partial charge in [-0.25, -0.2) is 4.39 Å². The van der Waals surface area contributed by atoms with Gasteiger partial charge in [-0.3, -0.25) is 0 Å². The first-order valence-electron chi connectivity index (χ1n) is 7.43. The molecular formula is C16H26FN3. The van der Waals surface area contributed by atoms with Crippen LogP contribution < -0.4 is 10.2 Å². The molecule has 1 N–H and O–H groups in total. The molecule has 1 fully saturated rings. The van der Waals surface area contributed by atoms with Crippen molar-refractivity contribution in [3.8, 4) is 0 Å². The second-order valence-electron chi connectivity index (χ2n) is 5.98. The van der Waals surface area contributed by atoms with E-state index in [1.165, 1.54) is 0 Å². The van der Waals surface area contributed by atoms with Crippen molar-refractivity contribution in [3.63, 3.8) is 0 Å². The molecule has 4 heteroatoms. The summed E-state index contributed by atoms with van der Waals surface area (Å²) in [5.41, 5.74) is 1.74. The van der Waals surface area contributed by atoms with Gasteiger partial charge in [-0.1, -0.05) is 19.9 Å². The maximum atomic E-state index is 14.3. The summed E-state index contributed by atoms with van der Waals surface area (Å²) in [5, 5.41) is 3.22. The monoisotopic (exact) mass is 279 g/mol. The Bertz CT molecular complexity index is 447. The molecule has 0 radical (unpaired) electrons. The van der Waals surface area contributed by atoms with Gasteiger partial charge in [-0.2, -0.15) is 0 Å². The van der Waals surface area contributed by atoms with Gasteiger partial charge in [0, 0.05) is 25.7 Å². The molecule has 2 rings (SSSR count). The van der Waals surface area contributed by atoms with Gasteiger partial charge < -0.3 is 15.1 Å². The lowest BCUT2D eigenvalue weighted by atomic mass is 10.1. The first kappa shape index (κ1) is 15.3. The number of benzene rings is 1. The fourth-order valence-electron chi connectivity index (χ4n) is 3.00. The van der Waals surface area contributed by atoms with E-state index in [4.69, 9.17) is 0 Å². The molecule has 1 aromatic carbocycles. The van der Waals surface area contributed by atoms with Gasteiger partial charge in [0.05, 0.1) is 5.69 Å². The highest BCUT2D eigenvalue weighted by atomic mass is 19.1. The number of nitrogens with zero attached hydrogens (tertiary/aromatic N) is 2. The lowest BCUT2D eigenvalue weighted by Crippen LogP contribution is -2.34. The van der Waals surface area contributed by atoms with Crippen molar-refractivity contribution in [3.05, 3.63) is 29.6 Å². The molecule has 20 heavy (non-hydrogen) atoms. The second-order valence-corrected chi connectivity index (χ2v) is 5.98. The van der Waals surface area contributed by atoms with Crippen LogP contribution in [0.1, 0.15) is 19.4 Å². The zero-order chi connectivity index (χ0) is 14.7. The third-order valence-electron chi connectivity index (χ3n) is 4.17. The van der Waals surface area contributed by atoms with Crippen molar-refractivity contribution >= 4 is 5.69 Å². The smallest absolute Gasteiger partial charge is 0.146 e. The van der Waals surface area contributed by atoms with Gasteiger partial charge in [0.15, 0.2) is 0 Å². The summed E-state index contributed by atoms with van der Waals surface area (Å²) in [4.78, 5) is 4.41. The largest absolute Gasteiger partial charge is 0.367 e. The van der Waals surface area contributed by atoms with Crippen LogP contribution >= 0.6 is 0 Å². The van der Waals surface area contributed by atoms with Crippen LogP contribution in [0.2, 0.25) is 0 Å². The van der Waals surface area contributed by atoms with Gasteiger partial charge in [0.2, 0.25) is 0 Å². The first-order valence-corrected chi connectivity index (χ1v) is 7.43. The Labute approximate surface area is 121 Å². The third kappa shape index (κ3) is 3.30. The molecule has 0 aromatic heterocycles. The summed E-state index contributed by atoms with van der Waals surface area (Å²) >= 11 is 0. The Hall–Kier alpha value is -1.13. The Morgan fingerprint density at radius 3 is 2.65 bits per heavy atom. The van der Waals surface area contributed by atoms with Gasteiger partial charge in [-0.15, -0.1) is 0 Å². The van der Waals surface area contributed by atoms with Crippen LogP contribution in [0.5, 0.6) is 0 Å². The Morgan fingerprint density at radius 2 is 2.10 bits per heavy atom. The summed E-state index contributed by atoms with van der Waals surface area (Å²) < 4.78 is 14.3. The van der Waals surface area contributed by atoms with Crippen LogP contribution in [0.25, 0.3) is 0 Å². The minimum atomic E-state index is -0.105. The summed E-state index contributed by atoms with van der Waals surface area (Å²) in [6.45, 7) is 7.74. The molecule has 1 heterocycles. The van der Waals surface area contributed by atoms with Gasteiger partial charge in [0.25, 0.3) is 0 Å². The van der Waals surface area contributed by atoms with Crippen molar-refractivity contribution < 1.29 is 4.39 Å². The van der Waals surface area contributed by atoms with Crippen molar-refractivity contribution in [1.29, 1.82) is 0 Å². The number of anilines is 1. The quantitative estimate of drug-likeness (QED) is 0.892. The summed E-state index contributed by atoms with van der Waals surface area (Å²) in [6.07, 6.45) is 0. The molecule has 1 aliphatic rings. The van der Waals surface area contributed by atoms with Crippen molar-refractivity contribution in [2.45, 2.75) is 26.4 Å².